The van der Waals surface area contributed by atoms with Crippen LogP contribution in [0.5, 0.6) is 0 Å². The molecule has 1 saturated carbocycles. The lowest BCUT2D eigenvalue weighted by Crippen LogP contribution is -2.39. The summed E-state index contributed by atoms with van der Waals surface area (Å²) in [5.74, 6) is 0.755. The Morgan fingerprint density at radius 3 is 2.94 bits per heavy atom. The van der Waals surface area contributed by atoms with E-state index < -0.39 is 0 Å². The molecule has 96 valence electrons. The number of benzene rings is 1. The maximum Gasteiger partial charge on any atom is 0.289 e. The standard InChI is InChI=1S/C15H20N2O/c1-12-6-5-9-15(10-12)11-16-14(18-15)17-13-7-3-2-4-8-13/h2-4,7-8,12H,5-6,9-11H2,1H3,(H,16,17)/t12-,15+/m0/s1. The smallest absolute Gasteiger partial charge is 0.289 e. The summed E-state index contributed by atoms with van der Waals surface area (Å²) in [5, 5.41) is 3.26. The largest absolute Gasteiger partial charge is 0.456 e. The number of rotatable bonds is 1. The van der Waals surface area contributed by atoms with E-state index in [-0.39, 0.29) is 5.60 Å². The van der Waals surface area contributed by atoms with E-state index in [2.05, 4.69) is 17.2 Å². The normalized spacial score (nSPS) is 30.9. The third-order valence-corrected chi connectivity index (χ3v) is 3.90. The fourth-order valence-electron chi connectivity index (χ4n) is 3.04. The summed E-state index contributed by atoms with van der Waals surface area (Å²) in [5.41, 5.74) is 1.02. The van der Waals surface area contributed by atoms with E-state index in [1.807, 2.05) is 30.3 Å². The Morgan fingerprint density at radius 1 is 1.33 bits per heavy atom. The van der Waals surface area contributed by atoms with Gasteiger partial charge in [-0.1, -0.05) is 31.5 Å². The third kappa shape index (κ3) is 2.35. The maximum atomic E-state index is 6.10. The Kier molecular flexibility index (Phi) is 2.98. The first-order valence-corrected chi connectivity index (χ1v) is 6.81. The zero-order chi connectivity index (χ0) is 12.4. The van der Waals surface area contributed by atoms with Gasteiger partial charge in [0.1, 0.15) is 5.60 Å². The number of nitrogens with zero attached hydrogens (tertiary/aromatic N) is 1. The molecule has 0 bridgehead atoms. The van der Waals surface area contributed by atoms with Gasteiger partial charge in [0.25, 0.3) is 6.02 Å². The lowest BCUT2D eigenvalue weighted by Gasteiger charge is -2.35. The van der Waals surface area contributed by atoms with Crippen molar-refractivity contribution in [1.82, 2.24) is 0 Å². The summed E-state index contributed by atoms with van der Waals surface area (Å²) in [6, 6.07) is 10.8. The summed E-state index contributed by atoms with van der Waals surface area (Å²) in [4.78, 5) is 4.53. The molecular formula is C15H20N2O. The van der Waals surface area contributed by atoms with E-state index >= 15 is 0 Å². The van der Waals surface area contributed by atoms with Crippen LogP contribution in [0.4, 0.5) is 5.69 Å². The molecule has 0 aromatic heterocycles. The Bertz CT molecular complexity index is 443. The topological polar surface area (TPSA) is 33.6 Å². The quantitative estimate of drug-likeness (QED) is 0.821. The Balaban J connectivity index is 1.64. The van der Waals surface area contributed by atoms with Crippen LogP contribution >= 0.6 is 0 Å². The van der Waals surface area contributed by atoms with Crippen LogP contribution in [-0.2, 0) is 4.74 Å². The second kappa shape index (κ2) is 4.63. The lowest BCUT2D eigenvalue weighted by atomic mass is 9.79. The molecule has 3 rings (SSSR count). The van der Waals surface area contributed by atoms with Crippen molar-refractivity contribution in [3.05, 3.63) is 30.3 Å². The predicted molar refractivity (Wildman–Crippen MR) is 73.8 cm³/mol. The van der Waals surface area contributed by atoms with Gasteiger partial charge in [-0.15, -0.1) is 0 Å². The summed E-state index contributed by atoms with van der Waals surface area (Å²) >= 11 is 0. The third-order valence-electron chi connectivity index (χ3n) is 3.90. The van der Waals surface area contributed by atoms with Crippen molar-refractivity contribution in [3.8, 4) is 0 Å². The fraction of sp³-hybridized carbons (Fsp3) is 0.533. The minimum absolute atomic E-state index is 0.0191. The molecule has 1 aromatic carbocycles. The molecule has 0 radical (unpaired) electrons. The van der Waals surface area contributed by atoms with Gasteiger partial charge in [0, 0.05) is 5.69 Å². The molecule has 3 nitrogen and oxygen atoms in total. The van der Waals surface area contributed by atoms with E-state index in [4.69, 9.17) is 4.74 Å². The van der Waals surface area contributed by atoms with Crippen LogP contribution < -0.4 is 5.32 Å². The highest BCUT2D eigenvalue weighted by molar-refractivity contribution is 5.90. The van der Waals surface area contributed by atoms with Gasteiger partial charge in [0.05, 0.1) is 6.54 Å². The first-order valence-electron chi connectivity index (χ1n) is 6.81. The molecule has 0 saturated heterocycles. The molecule has 2 aliphatic rings. The van der Waals surface area contributed by atoms with E-state index in [9.17, 15) is 0 Å². The van der Waals surface area contributed by atoms with Gasteiger partial charge in [-0.3, -0.25) is 0 Å². The molecule has 3 heteroatoms. The average Bonchev–Trinajstić information content (AvgIpc) is 2.73. The van der Waals surface area contributed by atoms with Crippen molar-refractivity contribution >= 4 is 11.7 Å². The lowest BCUT2D eigenvalue weighted by molar-refractivity contribution is 0.0271. The molecule has 1 aliphatic carbocycles. The number of hydrogen-bond donors (Lipinski definition) is 1. The molecule has 18 heavy (non-hydrogen) atoms. The zero-order valence-corrected chi connectivity index (χ0v) is 10.9. The molecule has 2 atom stereocenters. The molecule has 0 unspecified atom stereocenters. The maximum absolute atomic E-state index is 6.10. The second-order valence-corrected chi connectivity index (χ2v) is 5.60. The Hall–Kier alpha value is -1.51. The summed E-state index contributed by atoms with van der Waals surface area (Å²) < 4.78 is 6.10. The molecule has 1 heterocycles. The predicted octanol–water partition coefficient (Wildman–Crippen LogP) is 3.43. The SMILES string of the molecule is C[C@H]1CCC[C@]2(CN=C(Nc3ccccc3)O2)C1. The van der Waals surface area contributed by atoms with Crippen LogP contribution in [0.15, 0.2) is 35.3 Å². The van der Waals surface area contributed by atoms with Gasteiger partial charge in [0.2, 0.25) is 0 Å². The summed E-state index contributed by atoms with van der Waals surface area (Å²) in [6.07, 6.45) is 4.86. The first kappa shape index (κ1) is 11.6. The van der Waals surface area contributed by atoms with Crippen LogP contribution in [-0.4, -0.2) is 18.2 Å². The number of ether oxygens (including phenoxy) is 1. The molecule has 1 spiro atoms. The van der Waals surface area contributed by atoms with Crippen LogP contribution in [0, 0.1) is 5.92 Å². The fourth-order valence-corrected chi connectivity index (χ4v) is 3.04. The highest BCUT2D eigenvalue weighted by Crippen LogP contribution is 2.38. The number of para-hydroxylation sites is 1. The highest BCUT2D eigenvalue weighted by Gasteiger charge is 2.41. The molecule has 1 aliphatic heterocycles. The van der Waals surface area contributed by atoms with Crippen molar-refractivity contribution in [2.45, 2.75) is 38.2 Å². The molecular weight excluding hydrogens is 224 g/mol. The zero-order valence-electron chi connectivity index (χ0n) is 10.9. The second-order valence-electron chi connectivity index (χ2n) is 5.60. The monoisotopic (exact) mass is 244 g/mol. The van der Waals surface area contributed by atoms with E-state index in [1.54, 1.807) is 0 Å². The molecule has 1 N–H and O–H groups in total. The van der Waals surface area contributed by atoms with Crippen molar-refractivity contribution < 1.29 is 4.74 Å². The number of anilines is 1. The van der Waals surface area contributed by atoms with Crippen molar-refractivity contribution in [3.63, 3.8) is 0 Å². The summed E-state index contributed by atoms with van der Waals surface area (Å²) in [6.45, 7) is 3.12. The van der Waals surface area contributed by atoms with Gasteiger partial charge in [-0.25, -0.2) is 4.99 Å². The van der Waals surface area contributed by atoms with Crippen molar-refractivity contribution in [2.75, 3.05) is 11.9 Å². The van der Waals surface area contributed by atoms with Gasteiger partial charge < -0.3 is 10.1 Å². The van der Waals surface area contributed by atoms with Crippen LogP contribution in [0.1, 0.15) is 32.6 Å². The number of nitrogens with one attached hydrogen (secondary N) is 1. The summed E-state index contributed by atoms with van der Waals surface area (Å²) in [7, 11) is 0. The minimum atomic E-state index is -0.0191. The Labute approximate surface area is 108 Å². The van der Waals surface area contributed by atoms with Crippen LogP contribution in [0.3, 0.4) is 0 Å². The average molecular weight is 244 g/mol. The number of aliphatic imine (C=N–C) groups is 1. The molecule has 1 fully saturated rings. The molecule has 1 aromatic rings. The van der Waals surface area contributed by atoms with Crippen molar-refractivity contribution in [2.24, 2.45) is 10.9 Å². The highest BCUT2D eigenvalue weighted by atomic mass is 16.5. The van der Waals surface area contributed by atoms with Crippen LogP contribution in [0.2, 0.25) is 0 Å². The minimum Gasteiger partial charge on any atom is -0.456 e. The molecule has 0 amide bonds. The van der Waals surface area contributed by atoms with E-state index in [1.165, 1.54) is 12.8 Å². The van der Waals surface area contributed by atoms with Gasteiger partial charge >= 0.3 is 0 Å². The van der Waals surface area contributed by atoms with E-state index in [0.717, 1.165) is 31.0 Å². The van der Waals surface area contributed by atoms with Gasteiger partial charge in [-0.05, 0) is 37.3 Å². The first-order chi connectivity index (χ1) is 8.76. The Morgan fingerprint density at radius 2 is 2.17 bits per heavy atom. The van der Waals surface area contributed by atoms with E-state index in [0.29, 0.717) is 6.02 Å². The van der Waals surface area contributed by atoms with Gasteiger partial charge in [0.15, 0.2) is 0 Å². The number of hydrogen-bond acceptors (Lipinski definition) is 3. The van der Waals surface area contributed by atoms with Crippen molar-refractivity contribution in [1.29, 1.82) is 0 Å². The number of amidine groups is 1. The van der Waals surface area contributed by atoms with Crippen LogP contribution in [0.25, 0.3) is 0 Å². The van der Waals surface area contributed by atoms with Gasteiger partial charge in [-0.2, -0.15) is 0 Å².